The van der Waals surface area contributed by atoms with Crippen LogP contribution >= 0.6 is 16.1 Å². The van der Waals surface area contributed by atoms with Gasteiger partial charge in [0.15, 0.2) is 0 Å². The molecule has 1 aliphatic rings. The Morgan fingerprint density at radius 1 is 1.83 bits per heavy atom. The van der Waals surface area contributed by atoms with Crippen molar-refractivity contribution in [2.24, 2.45) is 5.10 Å². The van der Waals surface area contributed by atoms with Crippen LogP contribution in [0.2, 0.25) is 0 Å². The van der Waals surface area contributed by atoms with E-state index in [1.54, 1.807) is 0 Å². The second-order valence-electron chi connectivity index (χ2n) is 2.37. The van der Waals surface area contributed by atoms with Crippen LogP contribution in [0.15, 0.2) is 5.10 Å². The van der Waals surface area contributed by atoms with Gasteiger partial charge in [0.1, 0.15) is 6.34 Å². The maximum atomic E-state index is 10.5. The SMILES string of the molecule is CCCN1N=CN(Br)C1[N+](=O)[O-]. The third-order valence-corrected chi connectivity index (χ3v) is 1.99. The standard InChI is InChI=1S/C5H9BrN4O2/c1-2-3-9-5(10(11)12)8(6)4-7-9/h4-5H,2-3H2,1H3. The van der Waals surface area contributed by atoms with Crippen molar-refractivity contribution in [2.45, 2.75) is 19.6 Å². The predicted octanol–water partition coefficient (Wildman–Crippen LogP) is 0.828. The summed E-state index contributed by atoms with van der Waals surface area (Å²) in [5, 5.41) is 15.8. The zero-order valence-electron chi connectivity index (χ0n) is 6.55. The number of hydrazone groups is 1. The molecule has 1 unspecified atom stereocenters. The summed E-state index contributed by atoms with van der Waals surface area (Å²) in [7, 11) is 0. The third kappa shape index (κ3) is 1.66. The van der Waals surface area contributed by atoms with E-state index < -0.39 is 11.2 Å². The van der Waals surface area contributed by atoms with Crippen LogP contribution in [-0.4, -0.2) is 33.0 Å². The number of nitrogens with zero attached hydrogens (tertiary/aromatic N) is 4. The average molecular weight is 237 g/mol. The molecule has 0 aromatic rings. The normalized spacial score (nSPS) is 22.0. The second kappa shape index (κ2) is 3.70. The summed E-state index contributed by atoms with van der Waals surface area (Å²) in [6.45, 7) is 2.54. The summed E-state index contributed by atoms with van der Waals surface area (Å²) in [5.74, 6) is 0. The van der Waals surface area contributed by atoms with Gasteiger partial charge in [-0.25, -0.2) is 8.93 Å². The fourth-order valence-corrected chi connectivity index (χ4v) is 1.41. The van der Waals surface area contributed by atoms with Gasteiger partial charge in [0, 0.05) is 6.54 Å². The molecule has 1 heterocycles. The van der Waals surface area contributed by atoms with Crippen LogP contribution in [0.25, 0.3) is 0 Å². The van der Waals surface area contributed by atoms with E-state index in [2.05, 4.69) is 21.2 Å². The van der Waals surface area contributed by atoms with Crippen molar-refractivity contribution in [3.63, 3.8) is 0 Å². The summed E-state index contributed by atoms with van der Waals surface area (Å²) < 4.78 is 1.29. The van der Waals surface area contributed by atoms with Crippen molar-refractivity contribution in [1.82, 2.24) is 8.93 Å². The molecule has 0 saturated heterocycles. The fourth-order valence-electron chi connectivity index (χ4n) is 0.963. The molecule has 7 heteroatoms. The summed E-state index contributed by atoms with van der Waals surface area (Å²) >= 11 is 3.02. The molecule has 0 aliphatic carbocycles. The van der Waals surface area contributed by atoms with Gasteiger partial charge in [-0.3, -0.25) is 10.1 Å². The predicted molar refractivity (Wildman–Crippen MR) is 47.0 cm³/mol. The van der Waals surface area contributed by atoms with Crippen LogP contribution in [0.4, 0.5) is 0 Å². The van der Waals surface area contributed by atoms with Gasteiger partial charge in [0.25, 0.3) is 0 Å². The molecule has 68 valence electrons. The van der Waals surface area contributed by atoms with Crippen molar-refractivity contribution < 1.29 is 4.92 Å². The van der Waals surface area contributed by atoms with Crippen LogP contribution in [0.5, 0.6) is 0 Å². The van der Waals surface area contributed by atoms with Gasteiger partial charge in [-0.2, -0.15) is 5.10 Å². The molecule has 0 radical (unpaired) electrons. The van der Waals surface area contributed by atoms with Crippen molar-refractivity contribution in [3.8, 4) is 0 Å². The minimum absolute atomic E-state index is 0.391. The van der Waals surface area contributed by atoms with Gasteiger partial charge < -0.3 is 0 Å². The lowest BCUT2D eigenvalue weighted by Gasteiger charge is -2.17. The molecule has 12 heavy (non-hydrogen) atoms. The molecule has 6 nitrogen and oxygen atoms in total. The molecule has 0 amide bonds. The summed E-state index contributed by atoms with van der Waals surface area (Å²) in [5.41, 5.74) is 0. The van der Waals surface area contributed by atoms with E-state index in [0.717, 1.165) is 6.42 Å². The Balaban J connectivity index is 2.63. The number of hydrogen-bond donors (Lipinski definition) is 0. The van der Waals surface area contributed by atoms with Crippen molar-refractivity contribution >= 4 is 22.5 Å². The Morgan fingerprint density at radius 2 is 2.50 bits per heavy atom. The van der Waals surface area contributed by atoms with E-state index in [4.69, 9.17) is 0 Å². The van der Waals surface area contributed by atoms with E-state index >= 15 is 0 Å². The topological polar surface area (TPSA) is 62.0 Å². The van der Waals surface area contributed by atoms with Crippen molar-refractivity contribution in [2.75, 3.05) is 6.54 Å². The van der Waals surface area contributed by atoms with E-state index in [1.165, 1.54) is 15.3 Å². The summed E-state index contributed by atoms with van der Waals surface area (Å²) in [6.07, 6.45) is 1.33. The number of halogens is 1. The molecule has 0 aromatic heterocycles. The first-order chi connectivity index (χ1) is 5.66. The maximum absolute atomic E-state index is 10.5. The van der Waals surface area contributed by atoms with Gasteiger partial charge in [-0.1, -0.05) is 6.92 Å². The highest BCUT2D eigenvalue weighted by atomic mass is 79.9. The van der Waals surface area contributed by atoms with Crippen molar-refractivity contribution in [1.29, 1.82) is 0 Å². The quantitative estimate of drug-likeness (QED) is 0.414. The van der Waals surface area contributed by atoms with Gasteiger partial charge >= 0.3 is 6.29 Å². The molecule has 0 bridgehead atoms. The average Bonchev–Trinajstić information content (AvgIpc) is 2.32. The van der Waals surface area contributed by atoms with Crippen LogP contribution in [0.3, 0.4) is 0 Å². The van der Waals surface area contributed by atoms with E-state index in [-0.39, 0.29) is 0 Å². The van der Waals surface area contributed by atoms with Crippen LogP contribution in [-0.2, 0) is 0 Å². The third-order valence-electron chi connectivity index (χ3n) is 1.44. The van der Waals surface area contributed by atoms with E-state index in [1.807, 2.05) is 6.92 Å². The lowest BCUT2D eigenvalue weighted by atomic mass is 10.5. The van der Waals surface area contributed by atoms with Gasteiger partial charge in [-0.15, -0.1) is 0 Å². The maximum Gasteiger partial charge on any atom is 0.393 e. The molecule has 0 N–H and O–H groups in total. The Bertz CT molecular complexity index is 210. The van der Waals surface area contributed by atoms with Gasteiger partial charge in [0.05, 0.1) is 21.1 Å². The van der Waals surface area contributed by atoms with Gasteiger partial charge in [0.2, 0.25) is 0 Å². The Morgan fingerprint density at radius 3 is 3.00 bits per heavy atom. The Labute approximate surface area is 78.3 Å². The zero-order chi connectivity index (χ0) is 9.14. The minimum atomic E-state index is -0.898. The lowest BCUT2D eigenvalue weighted by molar-refractivity contribution is -0.563. The first kappa shape index (κ1) is 9.24. The summed E-state index contributed by atoms with van der Waals surface area (Å²) in [4.78, 5) is 10.1. The van der Waals surface area contributed by atoms with Crippen LogP contribution in [0.1, 0.15) is 13.3 Å². The number of rotatable bonds is 3. The molecule has 1 rings (SSSR count). The zero-order valence-corrected chi connectivity index (χ0v) is 8.14. The largest absolute Gasteiger partial charge is 0.393 e. The molecule has 1 aliphatic heterocycles. The van der Waals surface area contributed by atoms with Crippen LogP contribution in [0, 0.1) is 10.1 Å². The fraction of sp³-hybridized carbons (Fsp3) is 0.800. The first-order valence-electron chi connectivity index (χ1n) is 3.55. The molecule has 0 saturated carbocycles. The molecule has 0 fully saturated rings. The number of hydrogen-bond acceptors (Lipinski definition) is 5. The summed E-state index contributed by atoms with van der Waals surface area (Å²) in [6, 6.07) is 0. The Hall–Kier alpha value is -0.850. The molecule has 0 aromatic carbocycles. The molecule has 1 atom stereocenters. The first-order valence-corrected chi connectivity index (χ1v) is 4.26. The van der Waals surface area contributed by atoms with Crippen molar-refractivity contribution in [3.05, 3.63) is 10.1 Å². The molecular weight excluding hydrogens is 228 g/mol. The van der Waals surface area contributed by atoms with E-state index in [0.29, 0.717) is 6.54 Å². The highest BCUT2D eigenvalue weighted by Gasteiger charge is 2.36. The lowest BCUT2D eigenvalue weighted by Crippen LogP contribution is -2.41. The minimum Gasteiger partial charge on any atom is -0.261 e. The monoisotopic (exact) mass is 236 g/mol. The second-order valence-corrected chi connectivity index (χ2v) is 3.19. The highest BCUT2D eigenvalue weighted by Crippen LogP contribution is 2.16. The number of nitro groups is 1. The molecule has 0 spiro atoms. The Kier molecular flexibility index (Phi) is 2.85. The molecular formula is C5H9BrN4O2. The van der Waals surface area contributed by atoms with Crippen LogP contribution < -0.4 is 0 Å². The highest BCUT2D eigenvalue weighted by molar-refractivity contribution is 9.07. The smallest absolute Gasteiger partial charge is 0.261 e. The van der Waals surface area contributed by atoms with Gasteiger partial charge in [-0.05, 0) is 6.42 Å². The van der Waals surface area contributed by atoms with E-state index in [9.17, 15) is 10.1 Å².